The summed E-state index contributed by atoms with van der Waals surface area (Å²) in [4.78, 5) is 0. The second kappa shape index (κ2) is 11.9. The van der Waals surface area contributed by atoms with E-state index in [2.05, 4.69) is 13.8 Å². The van der Waals surface area contributed by atoms with Gasteiger partial charge in [-0.2, -0.15) is 0 Å². The molecule has 0 aliphatic heterocycles. The van der Waals surface area contributed by atoms with Crippen LogP contribution in [0.3, 0.4) is 0 Å². The van der Waals surface area contributed by atoms with Gasteiger partial charge in [-0.3, -0.25) is 0 Å². The van der Waals surface area contributed by atoms with Gasteiger partial charge in [0.2, 0.25) is 0 Å². The zero-order chi connectivity index (χ0) is 10.6. The number of hydrogen-bond acceptors (Lipinski definition) is 0. The van der Waals surface area contributed by atoms with Gasteiger partial charge in [-0.15, -0.1) is 0 Å². The third-order valence-corrected chi connectivity index (χ3v) is 12.9. The number of hydrogen-bond donors (Lipinski definition) is 0. The van der Waals surface area contributed by atoms with E-state index in [1.807, 2.05) is 0 Å². The first-order chi connectivity index (χ1) is 6.85. The van der Waals surface area contributed by atoms with Crippen LogP contribution in [-0.4, -0.2) is 28.1 Å². The average molecular weight is 304 g/mol. The van der Waals surface area contributed by atoms with Crippen LogP contribution in [0, 0.1) is 0 Å². The molecule has 0 bridgehead atoms. The Balaban J connectivity index is 3.44. The Kier molecular flexibility index (Phi) is 12.6. The van der Waals surface area contributed by atoms with Gasteiger partial charge in [0.05, 0.1) is 0 Å². The molecule has 0 nitrogen and oxygen atoms in total. The van der Waals surface area contributed by atoms with E-state index in [1.165, 1.54) is 46.9 Å². The molecule has 0 N–H and O–H groups in total. The van der Waals surface area contributed by atoms with Crippen molar-refractivity contribution >= 4 is 21.4 Å². The first-order valence-electron chi connectivity index (χ1n) is 6.41. The molecule has 0 saturated carbocycles. The molecular formula is C12H26FIn. The Bertz CT molecular complexity index is 96.5. The molecule has 0 heterocycles. The maximum atomic E-state index is 12.3. The Morgan fingerprint density at radius 2 is 1.29 bits per heavy atom. The van der Waals surface area contributed by atoms with Gasteiger partial charge < -0.3 is 0 Å². The predicted octanol–water partition coefficient (Wildman–Crippen LogP) is 4.83. The Morgan fingerprint density at radius 1 is 0.786 bits per heavy atom. The minimum atomic E-state index is -1.36. The van der Waals surface area contributed by atoms with Gasteiger partial charge in [0.1, 0.15) is 0 Å². The van der Waals surface area contributed by atoms with Crippen LogP contribution in [0.2, 0.25) is 12.5 Å². The fourth-order valence-corrected chi connectivity index (χ4v) is 10.2. The molecule has 0 radical (unpaired) electrons. The molecule has 0 fully saturated rings. The number of halogens is 1. The molecule has 14 heavy (non-hydrogen) atoms. The summed E-state index contributed by atoms with van der Waals surface area (Å²) in [6.07, 6.45) is 8.14. The van der Waals surface area contributed by atoms with Crippen LogP contribution in [0.25, 0.3) is 0 Å². The van der Waals surface area contributed by atoms with Gasteiger partial charge in [-0.05, 0) is 0 Å². The van der Waals surface area contributed by atoms with Crippen LogP contribution < -0.4 is 0 Å². The van der Waals surface area contributed by atoms with Gasteiger partial charge in [0, 0.05) is 0 Å². The second-order valence-corrected chi connectivity index (χ2v) is 14.2. The second-order valence-electron chi connectivity index (χ2n) is 4.34. The van der Waals surface area contributed by atoms with Gasteiger partial charge in [0.15, 0.2) is 0 Å². The van der Waals surface area contributed by atoms with Gasteiger partial charge in [-0.25, -0.2) is 0 Å². The zero-order valence-electron chi connectivity index (χ0n) is 10.0. The summed E-state index contributed by atoms with van der Waals surface area (Å²) in [7, 11) is 0. The van der Waals surface area contributed by atoms with Crippen LogP contribution >= 0.6 is 0 Å². The average Bonchev–Trinajstić information content (AvgIpc) is 2.18. The zero-order valence-corrected chi connectivity index (χ0v) is 13.3. The molecule has 84 valence electrons. The maximum absolute atomic E-state index is 12.3. The van der Waals surface area contributed by atoms with Crippen molar-refractivity contribution in [3.63, 3.8) is 0 Å². The van der Waals surface area contributed by atoms with E-state index in [0.717, 1.165) is 4.18 Å². The summed E-state index contributed by atoms with van der Waals surface area (Å²) in [6.45, 7) is 4.46. The first kappa shape index (κ1) is 14.8. The third-order valence-electron chi connectivity index (χ3n) is 2.95. The van der Waals surface area contributed by atoms with Crippen LogP contribution in [0.15, 0.2) is 0 Å². The molecule has 0 aromatic carbocycles. The Hall–Kier alpha value is 0.800. The molecule has 0 spiro atoms. The van der Waals surface area contributed by atoms with E-state index in [4.69, 9.17) is 0 Å². The molecule has 0 atom stereocenters. The van der Waals surface area contributed by atoms with Crippen LogP contribution in [0.4, 0.5) is 4.39 Å². The number of alkyl halides is 1. The Morgan fingerprint density at radius 3 is 1.64 bits per heavy atom. The van der Waals surface area contributed by atoms with Crippen molar-refractivity contribution < 1.29 is 4.39 Å². The van der Waals surface area contributed by atoms with Crippen LogP contribution in [-0.2, 0) is 0 Å². The monoisotopic (exact) mass is 304 g/mol. The van der Waals surface area contributed by atoms with Crippen molar-refractivity contribution in [1.82, 2.24) is 0 Å². The molecule has 0 aromatic rings. The molecule has 0 aliphatic carbocycles. The fraction of sp³-hybridized carbons (Fsp3) is 1.00. The molecular weight excluding hydrogens is 278 g/mol. The summed E-state index contributed by atoms with van der Waals surface area (Å²) in [5.74, 6) is 0. The van der Waals surface area contributed by atoms with Crippen molar-refractivity contribution in [3.05, 3.63) is 0 Å². The quantitative estimate of drug-likeness (QED) is 0.507. The summed E-state index contributed by atoms with van der Waals surface area (Å²) in [6, 6.07) is 0. The molecule has 0 rings (SSSR count). The summed E-state index contributed by atoms with van der Waals surface area (Å²) in [5.41, 5.74) is 0. The van der Waals surface area contributed by atoms with E-state index in [0.29, 0.717) is 0 Å². The standard InChI is InChI=1S/2C5H11.C2H4F.In/c2*1-3-5-4-2;1-2-3;/h2*1,3-5H2,2H3;1-2H2;. The first-order valence-corrected chi connectivity index (χ1v) is 13.4. The van der Waals surface area contributed by atoms with Crippen molar-refractivity contribution in [2.75, 3.05) is 6.67 Å². The van der Waals surface area contributed by atoms with E-state index >= 15 is 0 Å². The van der Waals surface area contributed by atoms with Crippen LogP contribution in [0.5, 0.6) is 0 Å². The Labute approximate surface area is 97.2 Å². The van der Waals surface area contributed by atoms with Gasteiger partial charge >= 0.3 is 97.4 Å². The summed E-state index contributed by atoms with van der Waals surface area (Å²) >= 11 is -1.36. The van der Waals surface area contributed by atoms with E-state index in [-0.39, 0.29) is 6.67 Å². The SMILES string of the molecule is CCCC[CH2][In]([CH2]CF)[CH2]CCCC. The van der Waals surface area contributed by atoms with E-state index in [9.17, 15) is 4.39 Å². The van der Waals surface area contributed by atoms with E-state index < -0.39 is 21.4 Å². The van der Waals surface area contributed by atoms with Gasteiger partial charge in [0.25, 0.3) is 0 Å². The molecule has 0 unspecified atom stereocenters. The molecule has 0 aliphatic rings. The van der Waals surface area contributed by atoms with Gasteiger partial charge in [-0.1, -0.05) is 0 Å². The number of unbranched alkanes of at least 4 members (excludes halogenated alkanes) is 4. The third kappa shape index (κ3) is 9.36. The van der Waals surface area contributed by atoms with Crippen LogP contribution in [0.1, 0.15) is 52.4 Å². The molecule has 2 heteroatoms. The summed E-state index contributed by atoms with van der Waals surface area (Å²) < 4.78 is 16.2. The van der Waals surface area contributed by atoms with E-state index in [1.54, 1.807) is 0 Å². The molecule has 0 aromatic heterocycles. The molecule has 0 amide bonds. The van der Waals surface area contributed by atoms with Crippen molar-refractivity contribution in [1.29, 1.82) is 0 Å². The normalized spacial score (nSPS) is 10.5. The van der Waals surface area contributed by atoms with Crippen molar-refractivity contribution in [2.24, 2.45) is 0 Å². The topological polar surface area (TPSA) is 0 Å². The minimum absolute atomic E-state index is 0.0288. The predicted molar refractivity (Wildman–Crippen MR) is 65.2 cm³/mol. The fourth-order valence-electron chi connectivity index (χ4n) is 1.95. The molecule has 0 saturated heterocycles. The van der Waals surface area contributed by atoms with Crippen molar-refractivity contribution in [2.45, 2.75) is 64.9 Å². The number of rotatable bonds is 10. The summed E-state index contributed by atoms with van der Waals surface area (Å²) in [5, 5.41) is 0. The van der Waals surface area contributed by atoms with Crippen molar-refractivity contribution in [3.8, 4) is 0 Å².